The van der Waals surface area contributed by atoms with Gasteiger partial charge in [0.1, 0.15) is 28.4 Å². The zero-order valence-electron chi connectivity index (χ0n) is 19.4. The molecule has 0 aliphatic rings. The molecular weight excluding hydrogens is 424 g/mol. The lowest BCUT2D eigenvalue weighted by Gasteiger charge is -2.14. The summed E-state index contributed by atoms with van der Waals surface area (Å²) in [5.41, 5.74) is 3.33. The highest BCUT2D eigenvalue weighted by Gasteiger charge is 2.18. The van der Waals surface area contributed by atoms with Crippen molar-refractivity contribution in [3.63, 3.8) is 0 Å². The van der Waals surface area contributed by atoms with E-state index in [0.717, 1.165) is 11.3 Å². The van der Waals surface area contributed by atoms with Gasteiger partial charge in [0.2, 0.25) is 0 Å². The number of amides is 2. The Bertz CT molecular complexity index is 1340. The normalized spacial score (nSPS) is 10.5. The van der Waals surface area contributed by atoms with E-state index in [0.29, 0.717) is 17.0 Å². The molecule has 0 fully saturated rings. The number of hydrogen-bond donors (Lipinski definition) is 0. The third-order valence-electron chi connectivity index (χ3n) is 4.76. The molecule has 0 spiro atoms. The number of esters is 1. The minimum absolute atomic E-state index is 0.170. The summed E-state index contributed by atoms with van der Waals surface area (Å²) in [7, 11) is 8.02. The van der Waals surface area contributed by atoms with Gasteiger partial charge in [0.25, 0.3) is 11.8 Å². The van der Waals surface area contributed by atoms with E-state index in [9.17, 15) is 14.4 Å². The summed E-state index contributed by atoms with van der Waals surface area (Å²) in [6.45, 7) is 1.85. The lowest BCUT2D eigenvalue weighted by atomic mass is 10.2. The van der Waals surface area contributed by atoms with E-state index in [1.165, 1.54) is 23.0 Å². The van der Waals surface area contributed by atoms with Gasteiger partial charge in [-0.1, -0.05) is 0 Å². The predicted octanol–water partition coefficient (Wildman–Crippen LogP) is 2.17. The number of rotatable bonds is 3. The Kier molecular flexibility index (Phi) is 6.76. The molecule has 4 rings (SSSR count). The van der Waals surface area contributed by atoms with Gasteiger partial charge in [-0.2, -0.15) is 0 Å². The molecule has 4 aromatic rings. The van der Waals surface area contributed by atoms with Crippen LogP contribution in [0.1, 0.15) is 37.2 Å². The largest absolute Gasteiger partial charge is 0.464 e. The van der Waals surface area contributed by atoms with Crippen molar-refractivity contribution in [1.82, 2.24) is 28.6 Å². The predicted molar refractivity (Wildman–Crippen MR) is 122 cm³/mol. The summed E-state index contributed by atoms with van der Waals surface area (Å²) < 4.78 is 8.06. The number of hydrogen-bond acceptors (Lipinski definition) is 6. The van der Waals surface area contributed by atoms with Crippen LogP contribution in [0, 0.1) is 6.92 Å². The van der Waals surface area contributed by atoms with E-state index >= 15 is 0 Å². The summed E-state index contributed by atoms with van der Waals surface area (Å²) in [5, 5.41) is 0. The summed E-state index contributed by atoms with van der Waals surface area (Å²) in [4.78, 5) is 47.0. The molecule has 0 atom stereocenters. The van der Waals surface area contributed by atoms with Gasteiger partial charge in [0.05, 0.1) is 7.11 Å². The number of nitrogens with zero attached hydrogens (tertiary/aromatic N) is 6. The highest BCUT2D eigenvalue weighted by atomic mass is 16.5. The molecule has 0 unspecified atom stereocenters. The molecule has 4 aromatic heterocycles. The van der Waals surface area contributed by atoms with E-state index in [4.69, 9.17) is 0 Å². The molecule has 0 N–H and O–H groups in total. The van der Waals surface area contributed by atoms with Crippen LogP contribution >= 0.6 is 0 Å². The van der Waals surface area contributed by atoms with Gasteiger partial charge in [-0.25, -0.2) is 14.8 Å². The van der Waals surface area contributed by atoms with Crippen molar-refractivity contribution in [3.05, 3.63) is 71.6 Å². The number of fused-ring (bicyclic) bond motifs is 2. The second kappa shape index (κ2) is 9.51. The van der Waals surface area contributed by atoms with Gasteiger partial charge in [-0.3, -0.25) is 18.4 Å². The van der Waals surface area contributed by atoms with Crippen LogP contribution in [0.4, 0.5) is 0 Å². The van der Waals surface area contributed by atoms with Crippen molar-refractivity contribution in [2.24, 2.45) is 0 Å². The first-order valence-electron chi connectivity index (χ1n) is 10.1. The number of methoxy groups -OCH3 is 1. The summed E-state index contributed by atoms with van der Waals surface area (Å²) in [5.74, 6) is -0.746. The Morgan fingerprint density at radius 2 is 1.36 bits per heavy atom. The van der Waals surface area contributed by atoms with Gasteiger partial charge in [-0.05, 0) is 43.3 Å². The molecule has 0 aliphatic carbocycles. The van der Waals surface area contributed by atoms with Crippen molar-refractivity contribution in [2.75, 3.05) is 35.3 Å². The lowest BCUT2D eigenvalue weighted by molar-refractivity contribution is 0.0591. The number of carbonyl (C=O) groups is 3. The number of aromatic nitrogens is 4. The Morgan fingerprint density at radius 3 is 1.91 bits per heavy atom. The van der Waals surface area contributed by atoms with Gasteiger partial charge >= 0.3 is 5.97 Å². The van der Waals surface area contributed by atoms with E-state index in [1.54, 1.807) is 67.6 Å². The summed E-state index contributed by atoms with van der Waals surface area (Å²) >= 11 is 0. The van der Waals surface area contributed by atoms with Crippen LogP contribution in [0.5, 0.6) is 0 Å². The fourth-order valence-electron chi connectivity index (χ4n) is 3.16. The highest BCUT2D eigenvalue weighted by molar-refractivity contribution is 5.98. The SMILES string of the molecule is CN(C)C(=O)c1cc(C(=O)N(C)C)n2cccc2n1.COC(=O)c1cc(C)nc2cccn12. The van der Waals surface area contributed by atoms with Gasteiger partial charge in [0, 0.05) is 46.3 Å². The van der Waals surface area contributed by atoms with E-state index in [-0.39, 0.29) is 23.5 Å². The molecule has 0 saturated carbocycles. The number of aryl methyl sites for hydroxylation is 1. The highest BCUT2D eigenvalue weighted by Crippen LogP contribution is 2.12. The maximum Gasteiger partial charge on any atom is 0.355 e. The van der Waals surface area contributed by atoms with Crippen molar-refractivity contribution in [2.45, 2.75) is 6.92 Å². The standard InChI is InChI=1S/C13H16N4O2.C10H10N2O2/c1-15(2)12(18)9-8-10(13(19)16(3)4)17-7-5-6-11(17)14-9;1-7-6-8(10(13)14-2)12-5-3-4-9(12)11-7/h5-8H,1-4H3;3-6H,1-2H3. The fourth-order valence-corrected chi connectivity index (χ4v) is 3.16. The molecule has 0 bridgehead atoms. The molecule has 0 radical (unpaired) electrons. The third kappa shape index (κ3) is 4.84. The molecule has 33 heavy (non-hydrogen) atoms. The maximum absolute atomic E-state index is 12.2. The summed E-state index contributed by atoms with van der Waals surface area (Å²) in [6.07, 6.45) is 3.54. The van der Waals surface area contributed by atoms with Crippen LogP contribution in [0.2, 0.25) is 0 Å². The summed E-state index contributed by atoms with van der Waals surface area (Å²) in [6, 6.07) is 10.5. The zero-order valence-corrected chi connectivity index (χ0v) is 19.4. The van der Waals surface area contributed by atoms with Crippen molar-refractivity contribution < 1.29 is 19.1 Å². The fraction of sp³-hybridized carbons (Fsp3) is 0.261. The van der Waals surface area contributed by atoms with Gasteiger partial charge < -0.3 is 14.5 Å². The van der Waals surface area contributed by atoms with E-state index < -0.39 is 0 Å². The van der Waals surface area contributed by atoms with Crippen LogP contribution in [0.3, 0.4) is 0 Å². The second-order valence-corrected chi connectivity index (χ2v) is 7.67. The first-order chi connectivity index (χ1) is 15.6. The average molecular weight is 450 g/mol. The van der Waals surface area contributed by atoms with E-state index in [1.807, 2.05) is 19.1 Å². The Hall–Kier alpha value is -4.21. The van der Waals surface area contributed by atoms with Crippen LogP contribution in [0.25, 0.3) is 11.3 Å². The first kappa shape index (κ1) is 23.5. The minimum Gasteiger partial charge on any atom is -0.464 e. The van der Waals surface area contributed by atoms with Crippen molar-refractivity contribution in [1.29, 1.82) is 0 Å². The molecule has 0 saturated heterocycles. The molecule has 4 heterocycles. The first-order valence-corrected chi connectivity index (χ1v) is 10.1. The molecule has 172 valence electrons. The van der Waals surface area contributed by atoms with Gasteiger partial charge in [-0.15, -0.1) is 0 Å². The van der Waals surface area contributed by atoms with E-state index in [2.05, 4.69) is 14.7 Å². The molecule has 10 nitrogen and oxygen atoms in total. The zero-order chi connectivity index (χ0) is 24.3. The molecule has 10 heteroatoms. The molecular formula is C23H26N6O4. The topological polar surface area (TPSA) is 102 Å². The van der Waals surface area contributed by atoms with Crippen LogP contribution < -0.4 is 0 Å². The molecule has 0 aliphatic heterocycles. The Labute approximate surface area is 191 Å². The van der Waals surface area contributed by atoms with Crippen LogP contribution in [-0.2, 0) is 4.74 Å². The smallest absolute Gasteiger partial charge is 0.355 e. The average Bonchev–Trinajstić information content (AvgIpc) is 3.45. The third-order valence-corrected chi connectivity index (χ3v) is 4.76. The molecule has 2 amide bonds. The maximum atomic E-state index is 12.2. The van der Waals surface area contributed by atoms with Crippen LogP contribution in [-0.4, -0.2) is 81.7 Å². The minimum atomic E-state index is -0.350. The molecule has 0 aromatic carbocycles. The second-order valence-electron chi connectivity index (χ2n) is 7.67. The van der Waals surface area contributed by atoms with Gasteiger partial charge in [0.15, 0.2) is 0 Å². The monoisotopic (exact) mass is 450 g/mol. The lowest BCUT2D eigenvalue weighted by Crippen LogP contribution is -2.27. The number of carbonyl (C=O) groups excluding carboxylic acids is 3. The number of ether oxygens (including phenoxy) is 1. The Balaban J connectivity index is 0.000000194. The Morgan fingerprint density at radius 1 is 0.818 bits per heavy atom. The van der Waals surface area contributed by atoms with Crippen LogP contribution in [0.15, 0.2) is 48.8 Å². The quantitative estimate of drug-likeness (QED) is 0.444. The van der Waals surface area contributed by atoms with Crippen molar-refractivity contribution >= 4 is 29.1 Å². The van der Waals surface area contributed by atoms with Crippen molar-refractivity contribution in [3.8, 4) is 0 Å².